The van der Waals surface area contributed by atoms with Gasteiger partial charge in [0.15, 0.2) is 6.10 Å². The van der Waals surface area contributed by atoms with E-state index >= 15 is 0 Å². The Morgan fingerprint density at radius 1 is 1.32 bits per heavy atom. The normalized spacial score (nSPS) is 18.5. The average molecular weight is 312 g/mol. The molecule has 0 aromatic carbocycles. The van der Waals surface area contributed by atoms with Gasteiger partial charge in [-0.15, -0.1) is 0 Å². The molecule has 0 radical (unpaired) electrons. The highest BCUT2D eigenvalue weighted by Crippen LogP contribution is 2.23. The van der Waals surface area contributed by atoms with Gasteiger partial charge < -0.3 is 14.2 Å². The molecule has 1 rings (SSSR count). The van der Waals surface area contributed by atoms with Gasteiger partial charge in [-0.2, -0.15) is 0 Å². The number of hydrogen-bond donors (Lipinski definition) is 0. The van der Waals surface area contributed by atoms with Crippen LogP contribution in [0.5, 0.6) is 0 Å². The standard InChI is InChI=1S/C17H28O5/c1-12(2)15(18)22-14(8-6-7-9-17(3,4)5)16(19)21-11-13-10-20-13/h13-14H,1,6-11H2,2-5H3. The fourth-order valence-electron chi connectivity index (χ4n) is 1.87. The second-order valence-electron chi connectivity index (χ2n) is 7.07. The quantitative estimate of drug-likeness (QED) is 0.283. The van der Waals surface area contributed by atoms with Gasteiger partial charge in [-0.3, -0.25) is 0 Å². The third-order valence-corrected chi connectivity index (χ3v) is 3.32. The molecule has 126 valence electrons. The Morgan fingerprint density at radius 2 is 1.95 bits per heavy atom. The lowest BCUT2D eigenvalue weighted by Crippen LogP contribution is -2.30. The van der Waals surface area contributed by atoms with Crippen molar-refractivity contribution in [3.05, 3.63) is 12.2 Å². The molecule has 0 amide bonds. The van der Waals surface area contributed by atoms with E-state index in [2.05, 4.69) is 27.4 Å². The molecule has 5 heteroatoms. The minimum atomic E-state index is -0.858. The summed E-state index contributed by atoms with van der Waals surface area (Å²) < 4.78 is 15.3. The smallest absolute Gasteiger partial charge is 0.347 e. The zero-order chi connectivity index (χ0) is 16.8. The average Bonchev–Trinajstić information content (AvgIpc) is 3.22. The van der Waals surface area contributed by atoms with E-state index in [4.69, 9.17) is 14.2 Å². The van der Waals surface area contributed by atoms with Crippen LogP contribution in [0, 0.1) is 5.41 Å². The van der Waals surface area contributed by atoms with Gasteiger partial charge in [0.1, 0.15) is 12.7 Å². The van der Waals surface area contributed by atoms with Gasteiger partial charge in [0.05, 0.1) is 6.61 Å². The Labute approximate surface area is 133 Å². The van der Waals surface area contributed by atoms with Crippen LogP contribution in [0.3, 0.4) is 0 Å². The maximum atomic E-state index is 12.0. The molecule has 22 heavy (non-hydrogen) atoms. The first-order valence-electron chi connectivity index (χ1n) is 7.84. The Bertz CT molecular complexity index is 404. The van der Waals surface area contributed by atoms with E-state index in [1.165, 1.54) is 0 Å². The van der Waals surface area contributed by atoms with Gasteiger partial charge in [0, 0.05) is 5.57 Å². The van der Waals surface area contributed by atoms with E-state index in [9.17, 15) is 9.59 Å². The van der Waals surface area contributed by atoms with Crippen LogP contribution < -0.4 is 0 Å². The molecule has 5 nitrogen and oxygen atoms in total. The summed E-state index contributed by atoms with van der Waals surface area (Å²) in [7, 11) is 0. The van der Waals surface area contributed by atoms with Crippen molar-refractivity contribution in [2.24, 2.45) is 5.41 Å². The minimum absolute atomic E-state index is 0.00216. The van der Waals surface area contributed by atoms with Crippen LogP contribution in [0.4, 0.5) is 0 Å². The van der Waals surface area contributed by atoms with Crippen molar-refractivity contribution in [3.8, 4) is 0 Å². The van der Waals surface area contributed by atoms with Gasteiger partial charge >= 0.3 is 11.9 Å². The van der Waals surface area contributed by atoms with Crippen molar-refractivity contribution < 1.29 is 23.8 Å². The maximum absolute atomic E-state index is 12.0. The lowest BCUT2D eigenvalue weighted by molar-refractivity contribution is -0.166. The molecular weight excluding hydrogens is 284 g/mol. The predicted octanol–water partition coefficient (Wildman–Crippen LogP) is 3.02. The molecule has 0 saturated carbocycles. The van der Waals surface area contributed by atoms with Crippen LogP contribution in [0.25, 0.3) is 0 Å². The molecule has 0 aliphatic carbocycles. The van der Waals surface area contributed by atoms with Crippen molar-refractivity contribution in [1.82, 2.24) is 0 Å². The zero-order valence-electron chi connectivity index (χ0n) is 14.1. The van der Waals surface area contributed by atoms with Gasteiger partial charge in [0.25, 0.3) is 0 Å². The highest BCUT2D eigenvalue weighted by Gasteiger charge is 2.29. The first kappa shape index (κ1) is 18.7. The number of unbranched alkanes of at least 4 members (excludes halogenated alkanes) is 1. The fraction of sp³-hybridized carbons (Fsp3) is 0.765. The summed E-state index contributed by atoms with van der Waals surface area (Å²) in [4.78, 5) is 23.7. The van der Waals surface area contributed by atoms with Gasteiger partial charge in [0.2, 0.25) is 0 Å². The van der Waals surface area contributed by atoms with Crippen molar-refractivity contribution in [1.29, 1.82) is 0 Å². The highest BCUT2D eigenvalue weighted by atomic mass is 16.6. The highest BCUT2D eigenvalue weighted by molar-refractivity contribution is 5.89. The monoisotopic (exact) mass is 312 g/mol. The number of carbonyl (C=O) groups is 2. The third kappa shape index (κ3) is 8.17. The summed E-state index contributed by atoms with van der Waals surface area (Å²) >= 11 is 0. The second kappa shape index (κ2) is 8.32. The van der Waals surface area contributed by atoms with Crippen molar-refractivity contribution in [3.63, 3.8) is 0 Å². The third-order valence-electron chi connectivity index (χ3n) is 3.32. The summed E-state index contributed by atoms with van der Waals surface area (Å²) in [5.41, 5.74) is 0.534. The zero-order valence-corrected chi connectivity index (χ0v) is 14.1. The van der Waals surface area contributed by atoms with E-state index in [1.807, 2.05) is 0 Å². The van der Waals surface area contributed by atoms with Crippen LogP contribution in [-0.2, 0) is 23.8 Å². The molecule has 0 aromatic rings. The van der Waals surface area contributed by atoms with Crippen LogP contribution in [-0.4, -0.2) is 37.4 Å². The van der Waals surface area contributed by atoms with Crippen LogP contribution in [0.1, 0.15) is 53.4 Å². The molecule has 1 saturated heterocycles. The largest absolute Gasteiger partial charge is 0.460 e. The van der Waals surface area contributed by atoms with Crippen LogP contribution >= 0.6 is 0 Å². The lowest BCUT2D eigenvalue weighted by atomic mass is 9.89. The molecule has 0 aromatic heterocycles. The van der Waals surface area contributed by atoms with Crippen molar-refractivity contribution >= 4 is 11.9 Å². The topological polar surface area (TPSA) is 65.1 Å². The number of carbonyl (C=O) groups excluding carboxylic acids is 2. The number of ether oxygens (including phenoxy) is 3. The minimum Gasteiger partial charge on any atom is -0.460 e. The lowest BCUT2D eigenvalue weighted by Gasteiger charge is -2.19. The second-order valence-corrected chi connectivity index (χ2v) is 7.07. The Balaban J connectivity index is 2.43. The first-order chi connectivity index (χ1) is 10.2. The van der Waals surface area contributed by atoms with Gasteiger partial charge in [-0.25, -0.2) is 9.59 Å². The molecule has 1 heterocycles. The molecule has 0 bridgehead atoms. The maximum Gasteiger partial charge on any atom is 0.347 e. The van der Waals surface area contributed by atoms with E-state index in [1.54, 1.807) is 6.92 Å². The van der Waals surface area contributed by atoms with Crippen LogP contribution in [0.2, 0.25) is 0 Å². The molecule has 2 atom stereocenters. The molecular formula is C17H28O5. The summed E-state index contributed by atoms with van der Waals surface area (Å²) in [6.45, 7) is 12.5. The number of rotatable bonds is 9. The Morgan fingerprint density at radius 3 is 2.45 bits per heavy atom. The van der Waals surface area contributed by atoms with Gasteiger partial charge in [-0.05, 0) is 31.6 Å². The van der Waals surface area contributed by atoms with Crippen LogP contribution in [0.15, 0.2) is 12.2 Å². The van der Waals surface area contributed by atoms with Gasteiger partial charge in [-0.1, -0.05) is 33.8 Å². The fourth-order valence-corrected chi connectivity index (χ4v) is 1.87. The summed E-state index contributed by atoms with van der Waals surface area (Å²) in [5.74, 6) is -1.05. The summed E-state index contributed by atoms with van der Waals surface area (Å²) in [6, 6.07) is 0. The SMILES string of the molecule is C=C(C)C(=O)OC(CCCCC(C)(C)C)C(=O)OCC1CO1. The van der Waals surface area contributed by atoms with E-state index in [-0.39, 0.29) is 23.7 Å². The Kier molecular flexibility index (Phi) is 7.07. The van der Waals surface area contributed by atoms with E-state index < -0.39 is 18.0 Å². The number of epoxide rings is 1. The molecule has 1 aliphatic heterocycles. The molecule has 0 N–H and O–H groups in total. The Hall–Kier alpha value is -1.36. The summed E-state index contributed by atoms with van der Waals surface area (Å²) in [6.07, 6.45) is 2.45. The molecule has 2 unspecified atom stereocenters. The molecule has 0 spiro atoms. The first-order valence-corrected chi connectivity index (χ1v) is 7.84. The van der Waals surface area contributed by atoms with E-state index in [0.29, 0.717) is 13.0 Å². The number of esters is 2. The van der Waals surface area contributed by atoms with Crippen molar-refractivity contribution in [2.75, 3.05) is 13.2 Å². The summed E-state index contributed by atoms with van der Waals surface area (Å²) in [5, 5.41) is 0. The predicted molar refractivity (Wildman–Crippen MR) is 83.3 cm³/mol. The number of hydrogen-bond acceptors (Lipinski definition) is 5. The molecule has 1 fully saturated rings. The van der Waals surface area contributed by atoms with E-state index in [0.717, 1.165) is 19.3 Å². The molecule has 1 aliphatic rings. The van der Waals surface area contributed by atoms with Crippen molar-refractivity contribution in [2.45, 2.75) is 65.6 Å².